The molecule has 2 aliphatic heterocycles. The Balaban J connectivity index is 1.42. The van der Waals surface area contributed by atoms with Gasteiger partial charge in [-0.05, 0) is 62.1 Å². The van der Waals surface area contributed by atoms with Crippen molar-refractivity contribution in [2.24, 2.45) is 0 Å². The monoisotopic (exact) mass is 477 g/mol. The zero-order chi connectivity index (χ0) is 24.6. The summed E-state index contributed by atoms with van der Waals surface area (Å²) < 4.78 is 49.3. The van der Waals surface area contributed by atoms with Gasteiger partial charge in [-0.3, -0.25) is 14.7 Å². The van der Waals surface area contributed by atoms with Gasteiger partial charge in [0, 0.05) is 44.5 Å². The molecule has 0 unspecified atom stereocenters. The van der Waals surface area contributed by atoms with E-state index in [1.54, 1.807) is 12.0 Å². The fraction of sp³-hybridized carbons (Fsp3) is 0.520. The van der Waals surface area contributed by atoms with E-state index in [4.69, 9.17) is 9.47 Å². The number of ether oxygens (including phenoxy) is 2. The van der Waals surface area contributed by atoms with Gasteiger partial charge in [-0.15, -0.1) is 0 Å². The second-order valence-electron chi connectivity index (χ2n) is 9.05. The molecule has 0 aliphatic carbocycles. The van der Waals surface area contributed by atoms with Gasteiger partial charge in [-0.2, -0.15) is 13.2 Å². The van der Waals surface area contributed by atoms with Crippen molar-refractivity contribution in [3.8, 4) is 5.75 Å². The summed E-state index contributed by atoms with van der Waals surface area (Å²) in [6.07, 6.45) is -2.89. The Morgan fingerprint density at radius 1 is 1.12 bits per heavy atom. The number of pyridine rings is 1. The highest BCUT2D eigenvalue weighted by Crippen LogP contribution is 2.39. The lowest BCUT2D eigenvalue weighted by Crippen LogP contribution is -2.49. The molecule has 2 bridgehead atoms. The molecule has 9 heteroatoms. The summed E-state index contributed by atoms with van der Waals surface area (Å²) in [6, 6.07) is 6.60. The minimum absolute atomic E-state index is 0.0297. The molecule has 0 N–H and O–H groups in total. The van der Waals surface area contributed by atoms with Crippen LogP contribution in [0.4, 0.5) is 13.2 Å². The van der Waals surface area contributed by atoms with Crippen LogP contribution < -0.4 is 4.74 Å². The van der Waals surface area contributed by atoms with Crippen molar-refractivity contribution >= 4 is 5.91 Å². The molecule has 3 heterocycles. The second-order valence-corrected chi connectivity index (χ2v) is 9.05. The van der Waals surface area contributed by atoms with Crippen LogP contribution in [-0.4, -0.2) is 66.2 Å². The van der Waals surface area contributed by atoms with E-state index in [1.807, 2.05) is 6.07 Å². The minimum atomic E-state index is -4.47. The molecule has 2 saturated heterocycles. The Bertz CT molecular complexity index is 1040. The first kappa shape index (κ1) is 24.5. The fourth-order valence-corrected chi connectivity index (χ4v) is 5.10. The Labute approximate surface area is 197 Å². The molecule has 6 nitrogen and oxygen atoms in total. The standard InChI is InChI=1S/C25H30F3N3O3/c1-15-16(2)23(34-10-9-33-4)8-6-21(15)17(3)30-13-20-11-19(30)14-31(20)24(32)22-7-5-18(12-29-22)25(26,27)28/h5-8,12,17,19-20H,9-11,13-14H2,1-4H3/t17-,19-,20-/m0/s1. The number of hydrogen-bond donors (Lipinski definition) is 0. The van der Waals surface area contributed by atoms with Crippen molar-refractivity contribution in [2.75, 3.05) is 33.4 Å². The van der Waals surface area contributed by atoms with Gasteiger partial charge in [0.1, 0.15) is 18.1 Å². The number of hydrogen-bond acceptors (Lipinski definition) is 5. The third kappa shape index (κ3) is 4.63. The van der Waals surface area contributed by atoms with Crippen LogP contribution in [0.5, 0.6) is 5.75 Å². The van der Waals surface area contributed by atoms with Gasteiger partial charge in [0.15, 0.2) is 0 Å². The lowest BCUT2D eigenvalue weighted by Gasteiger charge is -2.38. The number of aromatic nitrogens is 1. The number of carbonyl (C=O) groups is 1. The number of fused-ring (bicyclic) bond motifs is 2. The number of benzene rings is 1. The van der Waals surface area contributed by atoms with Crippen molar-refractivity contribution < 1.29 is 27.4 Å². The highest BCUT2D eigenvalue weighted by Gasteiger charge is 2.47. The Kier molecular flexibility index (Phi) is 6.87. The van der Waals surface area contributed by atoms with Gasteiger partial charge in [0.05, 0.1) is 12.2 Å². The number of nitrogens with zero attached hydrogens (tertiary/aromatic N) is 3. The normalized spacial score (nSPS) is 21.2. The maximum atomic E-state index is 12.9. The molecule has 1 aromatic heterocycles. The molecule has 0 saturated carbocycles. The predicted octanol–water partition coefficient (Wildman–Crippen LogP) is 4.40. The Hall–Kier alpha value is -2.65. The maximum absolute atomic E-state index is 12.9. The van der Waals surface area contributed by atoms with Gasteiger partial charge < -0.3 is 14.4 Å². The van der Waals surface area contributed by atoms with E-state index < -0.39 is 11.7 Å². The summed E-state index contributed by atoms with van der Waals surface area (Å²) in [4.78, 5) is 20.9. The molecule has 4 rings (SSSR count). The first-order chi connectivity index (χ1) is 16.1. The van der Waals surface area contributed by atoms with E-state index in [0.29, 0.717) is 19.8 Å². The van der Waals surface area contributed by atoms with Crippen LogP contribution in [0.2, 0.25) is 0 Å². The first-order valence-corrected chi connectivity index (χ1v) is 11.4. The highest BCUT2D eigenvalue weighted by molar-refractivity contribution is 5.93. The molecular weight excluding hydrogens is 447 g/mol. The van der Waals surface area contributed by atoms with Crippen LogP contribution in [0.1, 0.15) is 52.1 Å². The summed E-state index contributed by atoms with van der Waals surface area (Å²) in [5, 5.41) is 0. The van der Waals surface area contributed by atoms with Crippen LogP contribution in [0, 0.1) is 13.8 Å². The molecule has 184 valence electrons. The molecule has 2 aliphatic rings. The van der Waals surface area contributed by atoms with Gasteiger partial charge >= 0.3 is 6.18 Å². The number of methoxy groups -OCH3 is 1. The number of carbonyl (C=O) groups excluding carboxylic acids is 1. The van der Waals surface area contributed by atoms with E-state index >= 15 is 0 Å². The summed E-state index contributed by atoms with van der Waals surface area (Å²) >= 11 is 0. The maximum Gasteiger partial charge on any atom is 0.417 e. The molecule has 1 amide bonds. The molecule has 0 radical (unpaired) electrons. The Morgan fingerprint density at radius 3 is 2.47 bits per heavy atom. The van der Waals surface area contributed by atoms with Gasteiger partial charge in [0.2, 0.25) is 0 Å². The number of alkyl halides is 3. The number of amides is 1. The largest absolute Gasteiger partial charge is 0.491 e. The quantitative estimate of drug-likeness (QED) is 0.554. The van der Waals surface area contributed by atoms with E-state index in [9.17, 15) is 18.0 Å². The predicted molar refractivity (Wildman–Crippen MR) is 121 cm³/mol. The molecule has 1 aromatic carbocycles. The van der Waals surface area contributed by atoms with Crippen molar-refractivity contribution in [2.45, 2.75) is 51.5 Å². The smallest absolute Gasteiger partial charge is 0.417 e. The SMILES string of the molecule is COCCOc1ccc([C@H](C)N2C[C@@H]3C[C@H]2CN3C(=O)c2ccc(C(F)(F)F)cn2)c(C)c1C. The highest BCUT2D eigenvalue weighted by atomic mass is 19.4. The van der Waals surface area contributed by atoms with Gasteiger partial charge in [-0.25, -0.2) is 0 Å². The summed E-state index contributed by atoms with van der Waals surface area (Å²) in [7, 11) is 1.64. The molecule has 34 heavy (non-hydrogen) atoms. The number of likely N-dealkylation sites (tertiary alicyclic amines) is 2. The number of piperazine rings is 1. The number of halogens is 3. The zero-order valence-corrected chi connectivity index (χ0v) is 19.9. The summed E-state index contributed by atoms with van der Waals surface area (Å²) in [6.45, 7) is 8.64. The third-order valence-electron chi connectivity index (χ3n) is 7.13. The van der Waals surface area contributed by atoms with Crippen LogP contribution in [-0.2, 0) is 10.9 Å². The minimum Gasteiger partial charge on any atom is -0.491 e. The topological polar surface area (TPSA) is 54.9 Å². The Morgan fingerprint density at radius 2 is 1.88 bits per heavy atom. The molecule has 2 aromatic rings. The molecule has 2 fully saturated rings. The summed E-state index contributed by atoms with van der Waals surface area (Å²) in [5.74, 6) is 0.548. The second kappa shape index (κ2) is 9.54. The van der Waals surface area contributed by atoms with Gasteiger partial charge in [-0.1, -0.05) is 6.07 Å². The number of rotatable bonds is 7. The van der Waals surface area contributed by atoms with E-state index in [0.717, 1.165) is 36.5 Å². The zero-order valence-electron chi connectivity index (χ0n) is 19.9. The van der Waals surface area contributed by atoms with Crippen molar-refractivity contribution in [1.29, 1.82) is 0 Å². The van der Waals surface area contributed by atoms with Crippen molar-refractivity contribution in [1.82, 2.24) is 14.8 Å². The third-order valence-corrected chi connectivity index (χ3v) is 7.13. The molecule has 3 atom stereocenters. The van der Waals surface area contributed by atoms with E-state index in [1.165, 1.54) is 17.2 Å². The average Bonchev–Trinajstić information content (AvgIpc) is 3.42. The molecular formula is C25H30F3N3O3. The van der Waals surface area contributed by atoms with Crippen LogP contribution in [0.15, 0.2) is 30.5 Å². The molecule has 0 spiro atoms. The lowest BCUT2D eigenvalue weighted by molar-refractivity contribution is -0.137. The van der Waals surface area contributed by atoms with Crippen molar-refractivity contribution in [3.63, 3.8) is 0 Å². The fourth-order valence-electron chi connectivity index (χ4n) is 5.10. The van der Waals surface area contributed by atoms with E-state index in [-0.39, 0.29) is 29.7 Å². The van der Waals surface area contributed by atoms with Crippen LogP contribution in [0.25, 0.3) is 0 Å². The summed E-state index contributed by atoms with van der Waals surface area (Å²) in [5.41, 5.74) is 2.72. The van der Waals surface area contributed by atoms with Crippen LogP contribution >= 0.6 is 0 Å². The van der Waals surface area contributed by atoms with E-state index in [2.05, 4.69) is 36.7 Å². The average molecular weight is 478 g/mol. The van der Waals surface area contributed by atoms with Gasteiger partial charge in [0.25, 0.3) is 5.91 Å². The van der Waals surface area contributed by atoms with Crippen LogP contribution in [0.3, 0.4) is 0 Å². The lowest BCUT2D eigenvalue weighted by atomic mass is 9.96. The van der Waals surface area contributed by atoms with Crippen molar-refractivity contribution in [3.05, 3.63) is 58.4 Å². The first-order valence-electron chi connectivity index (χ1n) is 11.4.